The van der Waals surface area contributed by atoms with Gasteiger partial charge in [0.1, 0.15) is 11.6 Å². The highest BCUT2D eigenvalue weighted by Crippen LogP contribution is 2.28. The lowest BCUT2D eigenvalue weighted by Crippen LogP contribution is -2.19. The SMILES string of the molecule is CCCCCCCCOc1ccc(/C=C2\SC(=Nc3ccc(F)cc3)NC2=O)cc1. The first-order valence-corrected chi connectivity index (χ1v) is 11.2. The van der Waals surface area contributed by atoms with Crippen LogP contribution in [-0.4, -0.2) is 17.7 Å². The third-order valence-electron chi connectivity index (χ3n) is 4.65. The van der Waals surface area contributed by atoms with Crippen molar-refractivity contribution in [1.82, 2.24) is 5.32 Å². The number of thioether (sulfide) groups is 1. The Morgan fingerprint density at radius 3 is 2.43 bits per heavy atom. The quantitative estimate of drug-likeness (QED) is 0.350. The number of ether oxygens (including phenoxy) is 1. The molecule has 4 nitrogen and oxygen atoms in total. The molecule has 1 N–H and O–H groups in total. The van der Waals surface area contributed by atoms with Gasteiger partial charge in [-0.25, -0.2) is 9.38 Å². The molecule has 0 bridgehead atoms. The Hall–Kier alpha value is -2.60. The van der Waals surface area contributed by atoms with Gasteiger partial charge in [-0.15, -0.1) is 0 Å². The summed E-state index contributed by atoms with van der Waals surface area (Å²) in [7, 11) is 0. The number of aliphatic imine (C=N–C) groups is 1. The second-order valence-electron chi connectivity index (χ2n) is 7.14. The maximum absolute atomic E-state index is 13.0. The molecule has 1 heterocycles. The Bertz CT molecular complexity index is 892. The molecule has 2 aromatic carbocycles. The molecule has 6 heteroatoms. The second kappa shape index (κ2) is 11.6. The van der Waals surface area contributed by atoms with E-state index in [2.05, 4.69) is 17.2 Å². The number of amidine groups is 1. The minimum Gasteiger partial charge on any atom is -0.494 e. The predicted octanol–water partition coefficient (Wildman–Crippen LogP) is 6.46. The number of amides is 1. The molecule has 1 saturated heterocycles. The van der Waals surface area contributed by atoms with Crippen LogP contribution < -0.4 is 10.1 Å². The largest absolute Gasteiger partial charge is 0.494 e. The van der Waals surface area contributed by atoms with Crippen LogP contribution in [0.25, 0.3) is 6.08 Å². The van der Waals surface area contributed by atoms with Crippen molar-refractivity contribution in [2.75, 3.05) is 6.61 Å². The molecule has 1 aliphatic rings. The first-order valence-electron chi connectivity index (χ1n) is 10.4. The van der Waals surface area contributed by atoms with E-state index in [9.17, 15) is 9.18 Å². The van der Waals surface area contributed by atoms with E-state index in [1.54, 1.807) is 12.1 Å². The fourth-order valence-electron chi connectivity index (χ4n) is 3.00. The Balaban J connectivity index is 1.50. The average Bonchev–Trinajstić information content (AvgIpc) is 3.09. The van der Waals surface area contributed by atoms with Crippen LogP contribution in [0.3, 0.4) is 0 Å². The monoisotopic (exact) mass is 426 g/mol. The fraction of sp³-hybridized carbons (Fsp3) is 0.333. The van der Waals surface area contributed by atoms with Crippen molar-refractivity contribution < 1.29 is 13.9 Å². The summed E-state index contributed by atoms with van der Waals surface area (Å²) < 4.78 is 18.8. The van der Waals surface area contributed by atoms with Gasteiger partial charge in [0, 0.05) is 0 Å². The van der Waals surface area contributed by atoms with E-state index < -0.39 is 0 Å². The lowest BCUT2D eigenvalue weighted by atomic mass is 10.1. The predicted molar refractivity (Wildman–Crippen MR) is 123 cm³/mol. The van der Waals surface area contributed by atoms with Gasteiger partial charge >= 0.3 is 0 Å². The highest BCUT2D eigenvalue weighted by molar-refractivity contribution is 8.18. The molecule has 0 spiro atoms. The molecule has 0 aliphatic carbocycles. The first-order chi connectivity index (χ1) is 14.6. The van der Waals surface area contributed by atoms with Crippen LogP contribution in [0.5, 0.6) is 5.75 Å². The van der Waals surface area contributed by atoms with Crippen molar-refractivity contribution in [1.29, 1.82) is 0 Å². The molecule has 0 saturated carbocycles. The Morgan fingerprint density at radius 2 is 1.70 bits per heavy atom. The molecule has 158 valence electrons. The third kappa shape index (κ3) is 7.02. The summed E-state index contributed by atoms with van der Waals surface area (Å²) in [6, 6.07) is 13.5. The van der Waals surface area contributed by atoms with Gasteiger partial charge in [-0.3, -0.25) is 4.79 Å². The zero-order valence-corrected chi connectivity index (χ0v) is 18.0. The van der Waals surface area contributed by atoms with Crippen LogP contribution in [0.1, 0.15) is 51.0 Å². The van der Waals surface area contributed by atoms with E-state index in [0.717, 1.165) is 24.3 Å². The summed E-state index contributed by atoms with van der Waals surface area (Å²) in [4.78, 5) is 17.1. The van der Waals surface area contributed by atoms with Gasteiger partial charge in [0.05, 0.1) is 17.2 Å². The summed E-state index contributed by atoms with van der Waals surface area (Å²) >= 11 is 1.27. The molecule has 1 aliphatic heterocycles. The molecule has 1 amide bonds. The van der Waals surface area contributed by atoms with Gasteiger partial charge in [0.15, 0.2) is 5.17 Å². The number of carbonyl (C=O) groups excluding carboxylic acids is 1. The van der Waals surface area contributed by atoms with E-state index in [1.165, 1.54) is 56.0 Å². The normalized spacial score (nSPS) is 16.3. The lowest BCUT2D eigenvalue weighted by molar-refractivity contribution is -0.115. The van der Waals surface area contributed by atoms with E-state index >= 15 is 0 Å². The van der Waals surface area contributed by atoms with Gasteiger partial charge in [0.2, 0.25) is 0 Å². The van der Waals surface area contributed by atoms with Crippen molar-refractivity contribution in [2.24, 2.45) is 4.99 Å². The number of carbonyl (C=O) groups is 1. The average molecular weight is 427 g/mol. The van der Waals surface area contributed by atoms with Gasteiger partial charge in [-0.2, -0.15) is 0 Å². The number of nitrogens with zero attached hydrogens (tertiary/aromatic N) is 1. The van der Waals surface area contributed by atoms with E-state index in [-0.39, 0.29) is 11.7 Å². The van der Waals surface area contributed by atoms with E-state index in [1.807, 2.05) is 30.3 Å². The summed E-state index contributed by atoms with van der Waals surface area (Å²) in [5, 5.41) is 3.22. The molecule has 0 aromatic heterocycles. The third-order valence-corrected chi connectivity index (χ3v) is 5.56. The van der Waals surface area contributed by atoms with Crippen LogP contribution in [0, 0.1) is 5.82 Å². The van der Waals surface area contributed by atoms with Crippen LogP contribution in [0.15, 0.2) is 58.4 Å². The molecular weight excluding hydrogens is 399 g/mol. The summed E-state index contributed by atoms with van der Waals surface area (Å²) in [5.74, 6) is 0.333. The van der Waals surface area contributed by atoms with Gasteiger partial charge in [-0.05, 0) is 66.2 Å². The number of rotatable bonds is 10. The van der Waals surface area contributed by atoms with Crippen molar-refractivity contribution in [3.8, 4) is 5.75 Å². The fourth-order valence-corrected chi connectivity index (χ4v) is 3.84. The van der Waals surface area contributed by atoms with Gasteiger partial charge in [0.25, 0.3) is 5.91 Å². The minimum atomic E-state index is -0.318. The molecule has 0 unspecified atom stereocenters. The van der Waals surface area contributed by atoms with Crippen LogP contribution >= 0.6 is 11.8 Å². The van der Waals surface area contributed by atoms with Crippen molar-refractivity contribution in [2.45, 2.75) is 45.4 Å². The lowest BCUT2D eigenvalue weighted by Gasteiger charge is -2.06. The number of nitrogens with one attached hydrogen (secondary N) is 1. The number of hydrogen-bond donors (Lipinski definition) is 1. The topological polar surface area (TPSA) is 50.7 Å². The molecule has 30 heavy (non-hydrogen) atoms. The molecule has 1 fully saturated rings. The first kappa shape index (κ1) is 22.1. The van der Waals surface area contributed by atoms with Gasteiger partial charge < -0.3 is 10.1 Å². The molecule has 0 atom stereocenters. The van der Waals surface area contributed by atoms with Crippen molar-refractivity contribution in [3.05, 3.63) is 64.8 Å². The summed E-state index contributed by atoms with van der Waals surface area (Å²) in [6.07, 6.45) is 9.26. The Morgan fingerprint density at radius 1 is 1.00 bits per heavy atom. The van der Waals surface area contributed by atoms with E-state index in [0.29, 0.717) is 15.8 Å². The minimum absolute atomic E-state index is 0.190. The molecule has 0 radical (unpaired) electrons. The number of unbranched alkanes of at least 4 members (excludes halogenated alkanes) is 5. The molecule has 3 rings (SSSR count). The zero-order valence-electron chi connectivity index (χ0n) is 17.2. The summed E-state index contributed by atoms with van der Waals surface area (Å²) in [5.41, 5.74) is 1.51. The molecule has 2 aromatic rings. The maximum Gasteiger partial charge on any atom is 0.264 e. The summed E-state index contributed by atoms with van der Waals surface area (Å²) in [6.45, 7) is 2.95. The van der Waals surface area contributed by atoms with Crippen LogP contribution in [-0.2, 0) is 4.79 Å². The maximum atomic E-state index is 13.0. The highest BCUT2D eigenvalue weighted by atomic mass is 32.2. The second-order valence-corrected chi connectivity index (χ2v) is 8.17. The number of benzene rings is 2. The Kier molecular flexibility index (Phi) is 8.51. The van der Waals surface area contributed by atoms with Crippen molar-refractivity contribution in [3.63, 3.8) is 0 Å². The van der Waals surface area contributed by atoms with Gasteiger partial charge in [-0.1, -0.05) is 51.2 Å². The molecular formula is C24H27FN2O2S. The standard InChI is InChI=1S/C24H27FN2O2S/c1-2-3-4-5-6-7-16-29-21-14-8-18(9-15-21)17-22-23(28)27-24(30-22)26-20-12-10-19(25)11-13-20/h8-15,17H,2-7,16H2,1H3,(H,26,27,28)/b22-17-. The van der Waals surface area contributed by atoms with Crippen LogP contribution in [0.4, 0.5) is 10.1 Å². The van der Waals surface area contributed by atoms with Crippen molar-refractivity contribution >= 4 is 34.6 Å². The van der Waals surface area contributed by atoms with E-state index in [4.69, 9.17) is 4.74 Å². The number of halogens is 1. The smallest absolute Gasteiger partial charge is 0.264 e. The van der Waals surface area contributed by atoms with Crippen LogP contribution in [0.2, 0.25) is 0 Å². The zero-order chi connectivity index (χ0) is 21.2. The number of hydrogen-bond acceptors (Lipinski definition) is 4. The highest BCUT2D eigenvalue weighted by Gasteiger charge is 2.23. The Labute approximate surface area is 181 Å².